The summed E-state index contributed by atoms with van der Waals surface area (Å²) in [5, 5.41) is 0. The molecule has 1 heteroatoms. The molecule has 1 aromatic rings. The molecular weight excluding hydrogens is 182 g/mol. The third-order valence-corrected chi connectivity index (χ3v) is 2.74. The van der Waals surface area contributed by atoms with Gasteiger partial charge in [-0.25, -0.2) is 0 Å². The first-order valence-corrected chi connectivity index (χ1v) is 5.45. The van der Waals surface area contributed by atoms with E-state index in [0.717, 1.165) is 6.54 Å². The Morgan fingerprint density at radius 1 is 1.13 bits per heavy atom. The average molecular weight is 199 g/mol. The fourth-order valence-corrected chi connectivity index (χ4v) is 1.71. The van der Waals surface area contributed by atoms with Crippen molar-refractivity contribution in [1.29, 1.82) is 0 Å². The highest BCUT2D eigenvalue weighted by atomic mass is 15.1. The number of benzene rings is 1. The summed E-state index contributed by atoms with van der Waals surface area (Å²) in [4.78, 5) is 2.33. The summed E-state index contributed by atoms with van der Waals surface area (Å²) in [5.74, 6) is 0. The van der Waals surface area contributed by atoms with Crippen LogP contribution in [0.3, 0.4) is 0 Å². The standard InChI is InChI=1S/C14H17N/c1-15-11-9-14(10-12-15)8-7-13-5-3-2-4-6-13/h2-9H,10-12H2,1H3. The van der Waals surface area contributed by atoms with Crippen LogP contribution in [0, 0.1) is 0 Å². The van der Waals surface area contributed by atoms with Crippen molar-refractivity contribution < 1.29 is 0 Å². The molecule has 0 unspecified atom stereocenters. The fraction of sp³-hybridized carbons (Fsp3) is 0.286. The number of hydrogen-bond donors (Lipinski definition) is 0. The van der Waals surface area contributed by atoms with Crippen molar-refractivity contribution in [2.24, 2.45) is 0 Å². The van der Waals surface area contributed by atoms with Crippen LogP contribution < -0.4 is 0 Å². The van der Waals surface area contributed by atoms with Crippen LogP contribution in [0.25, 0.3) is 6.08 Å². The van der Waals surface area contributed by atoms with Crippen molar-refractivity contribution in [2.75, 3.05) is 20.1 Å². The summed E-state index contributed by atoms with van der Waals surface area (Å²) >= 11 is 0. The summed E-state index contributed by atoms with van der Waals surface area (Å²) in [6.07, 6.45) is 7.91. The van der Waals surface area contributed by atoms with Crippen LogP contribution in [0.4, 0.5) is 0 Å². The number of likely N-dealkylation sites (N-methyl/N-ethyl adjacent to an activating group) is 1. The molecule has 0 bridgehead atoms. The molecule has 1 aliphatic heterocycles. The van der Waals surface area contributed by atoms with E-state index in [1.807, 2.05) is 6.07 Å². The molecule has 1 aromatic carbocycles. The fourth-order valence-electron chi connectivity index (χ4n) is 1.71. The van der Waals surface area contributed by atoms with Gasteiger partial charge in [0.2, 0.25) is 0 Å². The van der Waals surface area contributed by atoms with Crippen molar-refractivity contribution in [3.63, 3.8) is 0 Å². The van der Waals surface area contributed by atoms with Gasteiger partial charge in [-0.3, -0.25) is 0 Å². The lowest BCUT2D eigenvalue weighted by Gasteiger charge is -2.20. The zero-order chi connectivity index (χ0) is 10.5. The van der Waals surface area contributed by atoms with Gasteiger partial charge in [0.05, 0.1) is 0 Å². The monoisotopic (exact) mass is 199 g/mol. The Hall–Kier alpha value is -1.34. The molecule has 0 radical (unpaired) electrons. The molecule has 0 fully saturated rings. The second-order valence-corrected chi connectivity index (χ2v) is 4.04. The van der Waals surface area contributed by atoms with E-state index < -0.39 is 0 Å². The Balaban J connectivity index is 2.00. The normalized spacial score (nSPS) is 18.1. The van der Waals surface area contributed by atoms with Crippen molar-refractivity contribution in [2.45, 2.75) is 6.42 Å². The number of rotatable bonds is 2. The average Bonchev–Trinajstić information content (AvgIpc) is 2.30. The molecule has 1 aliphatic rings. The predicted molar refractivity (Wildman–Crippen MR) is 65.7 cm³/mol. The van der Waals surface area contributed by atoms with Gasteiger partial charge in [-0.15, -0.1) is 0 Å². The quantitative estimate of drug-likeness (QED) is 0.708. The molecule has 0 atom stereocenters. The van der Waals surface area contributed by atoms with Crippen LogP contribution in [0.15, 0.2) is 48.1 Å². The first kappa shape index (κ1) is 10.2. The highest BCUT2D eigenvalue weighted by molar-refractivity contribution is 5.52. The third-order valence-electron chi connectivity index (χ3n) is 2.74. The Morgan fingerprint density at radius 3 is 2.60 bits per heavy atom. The lowest BCUT2D eigenvalue weighted by molar-refractivity contribution is 0.361. The summed E-state index contributed by atoms with van der Waals surface area (Å²) < 4.78 is 0. The molecule has 0 N–H and O–H groups in total. The van der Waals surface area contributed by atoms with Gasteiger partial charge in [0.1, 0.15) is 0 Å². The zero-order valence-corrected chi connectivity index (χ0v) is 9.19. The Kier molecular flexibility index (Phi) is 3.36. The van der Waals surface area contributed by atoms with E-state index in [0.29, 0.717) is 0 Å². The molecule has 0 amide bonds. The summed E-state index contributed by atoms with van der Waals surface area (Å²) in [6, 6.07) is 10.5. The van der Waals surface area contributed by atoms with E-state index in [9.17, 15) is 0 Å². The molecule has 0 aromatic heterocycles. The Labute approximate surface area is 91.7 Å². The number of allylic oxidation sites excluding steroid dienone is 1. The smallest absolute Gasteiger partial charge is 0.0165 e. The minimum absolute atomic E-state index is 1.08. The summed E-state index contributed by atoms with van der Waals surface area (Å²) in [7, 11) is 2.16. The van der Waals surface area contributed by atoms with E-state index in [-0.39, 0.29) is 0 Å². The van der Waals surface area contributed by atoms with Crippen LogP contribution in [0.1, 0.15) is 12.0 Å². The van der Waals surface area contributed by atoms with E-state index in [1.165, 1.54) is 24.1 Å². The SMILES string of the molecule is CN1CC=C(C=Cc2ccccc2)CC1. The zero-order valence-electron chi connectivity index (χ0n) is 9.19. The number of nitrogens with zero attached hydrogens (tertiary/aromatic N) is 1. The Bertz CT molecular complexity index is 362. The van der Waals surface area contributed by atoms with Crippen molar-refractivity contribution >= 4 is 6.08 Å². The topological polar surface area (TPSA) is 3.24 Å². The number of hydrogen-bond acceptors (Lipinski definition) is 1. The van der Waals surface area contributed by atoms with Gasteiger partial charge in [-0.2, -0.15) is 0 Å². The lowest BCUT2D eigenvalue weighted by atomic mass is 10.1. The predicted octanol–water partition coefficient (Wildman–Crippen LogP) is 2.96. The molecule has 1 heterocycles. The summed E-state index contributed by atoms with van der Waals surface area (Å²) in [6.45, 7) is 2.25. The highest BCUT2D eigenvalue weighted by Crippen LogP contribution is 2.12. The maximum atomic E-state index is 2.33. The van der Waals surface area contributed by atoms with E-state index >= 15 is 0 Å². The largest absolute Gasteiger partial charge is 0.302 e. The summed E-state index contributed by atoms with van der Waals surface area (Å²) in [5.41, 5.74) is 2.73. The van der Waals surface area contributed by atoms with Crippen LogP contribution in [0.2, 0.25) is 0 Å². The minimum atomic E-state index is 1.08. The molecule has 0 aliphatic carbocycles. The second kappa shape index (κ2) is 4.94. The molecule has 1 nitrogen and oxygen atoms in total. The van der Waals surface area contributed by atoms with Gasteiger partial charge in [0.25, 0.3) is 0 Å². The second-order valence-electron chi connectivity index (χ2n) is 4.04. The van der Waals surface area contributed by atoms with Gasteiger partial charge in [-0.05, 0) is 24.6 Å². The molecule has 0 spiro atoms. The first-order chi connectivity index (χ1) is 7.34. The van der Waals surface area contributed by atoms with E-state index in [1.54, 1.807) is 0 Å². The van der Waals surface area contributed by atoms with Crippen LogP contribution >= 0.6 is 0 Å². The van der Waals surface area contributed by atoms with Crippen LogP contribution in [-0.2, 0) is 0 Å². The van der Waals surface area contributed by atoms with Crippen molar-refractivity contribution in [3.8, 4) is 0 Å². The molecule has 2 rings (SSSR count). The van der Waals surface area contributed by atoms with E-state index in [4.69, 9.17) is 0 Å². The molecule has 0 saturated heterocycles. The lowest BCUT2D eigenvalue weighted by Crippen LogP contribution is -2.23. The van der Waals surface area contributed by atoms with Crippen LogP contribution in [0.5, 0.6) is 0 Å². The van der Waals surface area contributed by atoms with Crippen LogP contribution in [-0.4, -0.2) is 25.0 Å². The first-order valence-electron chi connectivity index (χ1n) is 5.45. The van der Waals surface area contributed by atoms with Gasteiger partial charge in [0.15, 0.2) is 0 Å². The molecule has 15 heavy (non-hydrogen) atoms. The van der Waals surface area contributed by atoms with Gasteiger partial charge >= 0.3 is 0 Å². The van der Waals surface area contributed by atoms with Gasteiger partial charge < -0.3 is 4.90 Å². The highest BCUT2D eigenvalue weighted by Gasteiger charge is 2.04. The van der Waals surface area contributed by atoms with Crippen molar-refractivity contribution in [1.82, 2.24) is 4.90 Å². The molecule has 0 saturated carbocycles. The van der Waals surface area contributed by atoms with Crippen molar-refractivity contribution in [3.05, 3.63) is 53.6 Å². The minimum Gasteiger partial charge on any atom is -0.302 e. The van der Waals surface area contributed by atoms with Gasteiger partial charge in [-0.1, -0.05) is 48.6 Å². The van der Waals surface area contributed by atoms with Gasteiger partial charge in [0, 0.05) is 13.1 Å². The molecule has 78 valence electrons. The molecular formula is C14H17N. The Morgan fingerprint density at radius 2 is 1.93 bits per heavy atom. The maximum absolute atomic E-state index is 2.33. The third kappa shape index (κ3) is 3.07. The maximum Gasteiger partial charge on any atom is 0.0165 e. The van der Waals surface area contributed by atoms with E-state index in [2.05, 4.69) is 54.4 Å².